The third-order valence-corrected chi connectivity index (χ3v) is 4.04. The van der Waals surface area contributed by atoms with Crippen molar-refractivity contribution in [3.8, 4) is 0 Å². The highest BCUT2D eigenvalue weighted by Gasteiger charge is 2.22. The van der Waals surface area contributed by atoms with Crippen molar-refractivity contribution in [2.24, 2.45) is 16.5 Å². The molecule has 11 nitrogen and oxygen atoms in total. The summed E-state index contributed by atoms with van der Waals surface area (Å²) >= 11 is 0. The van der Waals surface area contributed by atoms with Gasteiger partial charge in [-0.15, -0.1) is 0 Å². The number of nitrogens with zero attached hydrogens (tertiary/aromatic N) is 6. The predicted molar refractivity (Wildman–Crippen MR) is 103 cm³/mol. The van der Waals surface area contributed by atoms with E-state index in [4.69, 9.17) is 17.2 Å². The Bertz CT molecular complexity index is 827. The van der Waals surface area contributed by atoms with E-state index >= 15 is 0 Å². The third kappa shape index (κ3) is 4.57. The van der Waals surface area contributed by atoms with E-state index in [1.807, 2.05) is 0 Å². The molecule has 0 atom stereocenters. The minimum Gasteiger partial charge on any atom is -0.382 e. The summed E-state index contributed by atoms with van der Waals surface area (Å²) in [5.74, 6) is 0.0179. The fourth-order valence-electron chi connectivity index (χ4n) is 2.82. The smallest absolute Gasteiger partial charge is 0.302 e. The first-order valence-electron chi connectivity index (χ1n) is 8.65. The maximum Gasteiger partial charge on any atom is 0.302 e. The maximum absolute atomic E-state index is 12.2. The van der Waals surface area contributed by atoms with Gasteiger partial charge in [-0.2, -0.15) is 4.99 Å². The van der Waals surface area contributed by atoms with Gasteiger partial charge in [-0.05, 0) is 18.9 Å². The van der Waals surface area contributed by atoms with Crippen LogP contribution in [0.25, 0.3) is 0 Å². The van der Waals surface area contributed by atoms with E-state index in [1.165, 1.54) is 0 Å². The molecule has 1 fully saturated rings. The van der Waals surface area contributed by atoms with Gasteiger partial charge in [-0.25, -0.2) is 19.9 Å². The van der Waals surface area contributed by atoms with Crippen LogP contribution in [-0.2, 0) is 0 Å². The number of aliphatic imine (C=N–C) groups is 1. The summed E-state index contributed by atoms with van der Waals surface area (Å²) in [6, 6.07) is 1.70. The number of nitrogens with two attached hydrogens (primary N) is 3. The summed E-state index contributed by atoms with van der Waals surface area (Å²) in [6.07, 6.45) is 7.58. The van der Waals surface area contributed by atoms with Crippen molar-refractivity contribution in [1.82, 2.24) is 19.9 Å². The summed E-state index contributed by atoms with van der Waals surface area (Å²) in [4.78, 5) is 34.8. The number of anilines is 4. The Labute approximate surface area is 156 Å². The molecule has 2 aromatic rings. The molecule has 0 aliphatic carbocycles. The maximum atomic E-state index is 12.2. The number of hydrogen-bond acceptors (Lipinski definition) is 8. The van der Waals surface area contributed by atoms with E-state index in [-0.39, 0.29) is 17.5 Å². The molecule has 3 heterocycles. The van der Waals surface area contributed by atoms with E-state index in [2.05, 4.69) is 35.1 Å². The number of nitrogen functional groups attached to an aromatic ring is 1. The van der Waals surface area contributed by atoms with Gasteiger partial charge >= 0.3 is 5.91 Å². The van der Waals surface area contributed by atoms with Crippen molar-refractivity contribution in [2.45, 2.75) is 25.7 Å². The van der Waals surface area contributed by atoms with Crippen LogP contribution in [0.15, 0.2) is 23.5 Å². The van der Waals surface area contributed by atoms with Crippen LogP contribution in [0.4, 0.5) is 23.4 Å². The Morgan fingerprint density at radius 1 is 1.07 bits per heavy atom. The average Bonchev–Trinajstić information content (AvgIpc) is 2.92. The zero-order valence-electron chi connectivity index (χ0n) is 14.8. The zero-order chi connectivity index (χ0) is 19.2. The number of aromatic nitrogens is 4. The predicted octanol–water partition coefficient (Wildman–Crippen LogP) is 0.386. The number of hydrogen-bond donors (Lipinski definition) is 4. The normalized spacial score (nSPS) is 14.3. The van der Waals surface area contributed by atoms with Gasteiger partial charge in [0.2, 0.25) is 5.95 Å². The molecule has 0 aromatic carbocycles. The molecular formula is C16H22N10O. The summed E-state index contributed by atoms with van der Waals surface area (Å²) in [5, 5.41) is 3.01. The SMILES string of the molecule is NC(N)=NC(=O)c1nc(Nc2ncccn2)c(N2CCCCCC2)nc1N. The molecule has 0 spiro atoms. The van der Waals surface area contributed by atoms with Crippen LogP contribution in [0.2, 0.25) is 0 Å². The van der Waals surface area contributed by atoms with E-state index in [9.17, 15) is 4.79 Å². The average molecular weight is 370 g/mol. The minimum absolute atomic E-state index is 0.0382. The number of carbonyl (C=O) groups excluding carboxylic acids is 1. The molecule has 0 unspecified atom stereocenters. The highest BCUT2D eigenvalue weighted by molar-refractivity contribution is 6.03. The lowest BCUT2D eigenvalue weighted by atomic mass is 10.2. The molecule has 1 aliphatic rings. The van der Waals surface area contributed by atoms with Crippen molar-refractivity contribution in [3.63, 3.8) is 0 Å². The lowest BCUT2D eigenvalue weighted by Crippen LogP contribution is -2.28. The molecular weight excluding hydrogens is 348 g/mol. The van der Waals surface area contributed by atoms with Crippen LogP contribution in [0.3, 0.4) is 0 Å². The van der Waals surface area contributed by atoms with Crippen molar-refractivity contribution in [1.29, 1.82) is 0 Å². The summed E-state index contributed by atoms with van der Waals surface area (Å²) in [6.45, 7) is 1.64. The third-order valence-electron chi connectivity index (χ3n) is 4.04. The molecule has 3 rings (SSSR count). The molecule has 2 aromatic heterocycles. The summed E-state index contributed by atoms with van der Waals surface area (Å²) < 4.78 is 0. The fraction of sp³-hybridized carbons (Fsp3) is 0.375. The lowest BCUT2D eigenvalue weighted by Gasteiger charge is -2.24. The first-order chi connectivity index (χ1) is 13.0. The van der Waals surface area contributed by atoms with E-state index in [0.717, 1.165) is 38.8 Å². The zero-order valence-corrected chi connectivity index (χ0v) is 14.8. The van der Waals surface area contributed by atoms with Gasteiger partial charge in [0.05, 0.1) is 0 Å². The Kier molecular flexibility index (Phi) is 5.59. The Morgan fingerprint density at radius 3 is 2.37 bits per heavy atom. The lowest BCUT2D eigenvalue weighted by molar-refractivity contribution is 0.0998. The van der Waals surface area contributed by atoms with E-state index < -0.39 is 5.91 Å². The Balaban J connectivity index is 2.03. The molecule has 27 heavy (non-hydrogen) atoms. The van der Waals surface area contributed by atoms with Gasteiger partial charge in [0.1, 0.15) is 0 Å². The number of amides is 1. The molecule has 0 bridgehead atoms. The van der Waals surface area contributed by atoms with Crippen LogP contribution in [0, 0.1) is 0 Å². The monoisotopic (exact) mass is 370 g/mol. The van der Waals surface area contributed by atoms with Gasteiger partial charge in [0, 0.05) is 25.5 Å². The summed E-state index contributed by atoms with van der Waals surface area (Å²) in [7, 11) is 0. The Morgan fingerprint density at radius 2 is 1.74 bits per heavy atom. The molecule has 142 valence electrons. The molecule has 0 saturated carbocycles. The van der Waals surface area contributed by atoms with Gasteiger partial charge in [-0.3, -0.25) is 4.79 Å². The molecule has 11 heteroatoms. The second-order valence-corrected chi connectivity index (χ2v) is 6.07. The number of rotatable bonds is 4. The fourth-order valence-corrected chi connectivity index (χ4v) is 2.82. The van der Waals surface area contributed by atoms with Crippen LogP contribution < -0.4 is 27.4 Å². The van der Waals surface area contributed by atoms with Gasteiger partial charge in [-0.1, -0.05) is 12.8 Å². The standard InChI is InChI=1S/C16H22N10O/c17-11-10(14(27)25-15(18)19)22-12(24-16-20-6-5-7-21-16)13(23-11)26-8-3-1-2-4-9-26/h5-7H,1-4,8-9H2,(H2,17,23)(H4,18,19,25,27)(H,20,21,22,24). The minimum atomic E-state index is -0.764. The quantitative estimate of drug-likeness (QED) is 0.435. The first-order valence-corrected chi connectivity index (χ1v) is 8.65. The van der Waals surface area contributed by atoms with Crippen LogP contribution in [-0.4, -0.2) is 44.9 Å². The van der Waals surface area contributed by atoms with Crippen molar-refractivity contribution in [3.05, 3.63) is 24.2 Å². The highest BCUT2D eigenvalue weighted by Crippen LogP contribution is 2.28. The van der Waals surface area contributed by atoms with Crippen LogP contribution >= 0.6 is 0 Å². The van der Waals surface area contributed by atoms with E-state index in [0.29, 0.717) is 17.6 Å². The van der Waals surface area contributed by atoms with E-state index in [1.54, 1.807) is 18.5 Å². The molecule has 0 radical (unpaired) electrons. The van der Waals surface area contributed by atoms with Gasteiger partial charge in [0.25, 0.3) is 0 Å². The van der Waals surface area contributed by atoms with Crippen LogP contribution in [0.1, 0.15) is 36.2 Å². The van der Waals surface area contributed by atoms with Crippen molar-refractivity contribution in [2.75, 3.05) is 29.0 Å². The molecule has 1 amide bonds. The highest BCUT2D eigenvalue weighted by atomic mass is 16.1. The topological polar surface area (TPSA) is 174 Å². The van der Waals surface area contributed by atoms with Gasteiger partial charge in [0.15, 0.2) is 29.1 Å². The largest absolute Gasteiger partial charge is 0.382 e. The number of carbonyl (C=O) groups is 1. The molecule has 7 N–H and O–H groups in total. The van der Waals surface area contributed by atoms with Crippen molar-refractivity contribution >= 4 is 35.3 Å². The second-order valence-electron chi connectivity index (χ2n) is 6.07. The molecule has 1 aliphatic heterocycles. The Hall–Kier alpha value is -3.50. The summed E-state index contributed by atoms with van der Waals surface area (Å²) in [5.41, 5.74) is 16.4. The second kappa shape index (κ2) is 8.25. The first kappa shape index (κ1) is 18.3. The van der Waals surface area contributed by atoms with Crippen molar-refractivity contribution < 1.29 is 4.79 Å². The van der Waals surface area contributed by atoms with Crippen LogP contribution in [0.5, 0.6) is 0 Å². The number of guanidine groups is 1. The number of nitrogens with one attached hydrogen (secondary N) is 1. The molecule has 1 saturated heterocycles. The van der Waals surface area contributed by atoms with Gasteiger partial charge < -0.3 is 27.4 Å².